The van der Waals surface area contributed by atoms with Crippen molar-refractivity contribution in [2.24, 2.45) is 5.73 Å². The molecule has 0 spiro atoms. The zero-order chi connectivity index (χ0) is 29.5. The van der Waals surface area contributed by atoms with E-state index >= 15 is 0 Å². The number of hydrogen-bond acceptors (Lipinski definition) is 5. The van der Waals surface area contributed by atoms with Crippen molar-refractivity contribution in [1.82, 2.24) is 0 Å². The van der Waals surface area contributed by atoms with Crippen LogP contribution >= 0.6 is 12.2 Å². The van der Waals surface area contributed by atoms with E-state index in [4.69, 9.17) is 27.4 Å². The van der Waals surface area contributed by atoms with Crippen LogP contribution in [0, 0.1) is 19.7 Å². The van der Waals surface area contributed by atoms with Crippen LogP contribution in [0.2, 0.25) is 0 Å². The summed E-state index contributed by atoms with van der Waals surface area (Å²) in [4.78, 5) is 0. The monoisotopic (exact) mass is 566 g/mol. The molecule has 41 heavy (non-hydrogen) atoms. The summed E-state index contributed by atoms with van der Waals surface area (Å²) >= 11 is 5.60. The average Bonchev–Trinajstić information content (AvgIpc) is 2.93. The van der Waals surface area contributed by atoms with E-state index in [1.165, 1.54) is 12.1 Å². The van der Waals surface area contributed by atoms with Crippen LogP contribution < -0.4 is 20.5 Å². The summed E-state index contributed by atoms with van der Waals surface area (Å²) in [5, 5.41) is 4.02. The van der Waals surface area contributed by atoms with Gasteiger partial charge in [0.1, 0.15) is 17.3 Å². The van der Waals surface area contributed by atoms with E-state index in [0.29, 0.717) is 16.5 Å². The van der Waals surface area contributed by atoms with E-state index in [1.54, 1.807) is 13.2 Å². The topological polar surface area (TPSA) is 56.5 Å². The van der Waals surface area contributed by atoms with E-state index in [0.717, 1.165) is 55.8 Å². The van der Waals surface area contributed by atoms with Crippen LogP contribution in [0.5, 0.6) is 11.5 Å². The van der Waals surface area contributed by atoms with Gasteiger partial charge in [-0.25, -0.2) is 4.39 Å². The third kappa shape index (κ3) is 5.63. The molecule has 0 amide bonds. The van der Waals surface area contributed by atoms with Crippen LogP contribution in [0.4, 0.5) is 10.1 Å². The van der Waals surface area contributed by atoms with Gasteiger partial charge in [0.15, 0.2) is 5.05 Å². The van der Waals surface area contributed by atoms with Gasteiger partial charge >= 0.3 is 0 Å². The molecule has 0 saturated heterocycles. The van der Waals surface area contributed by atoms with Gasteiger partial charge in [-0.05, 0) is 111 Å². The summed E-state index contributed by atoms with van der Waals surface area (Å²) in [6, 6.07) is 21.9. The minimum atomic E-state index is -0.587. The Hall–Kier alpha value is -4.00. The number of anilines is 1. The fraction of sp³-hybridized carbons (Fsp3) is 0.229. The second-order valence-electron chi connectivity index (χ2n) is 11.2. The summed E-state index contributed by atoms with van der Waals surface area (Å²) < 4.78 is 26.4. The summed E-state index contributed by atoms with van der Waals surface area (Å²) in [5.41, 5.74) is 16.1. The molecule has 1 heterocycles. The molecular formula is C35H35FN2O2S. The smallest absolute Gasteiger partial charge is 0.198 e. The van der Waals surface area contributed by atoms with Crippen molar-refractivity contribution in [3.8, 4) is 22.6 Å². The van der Waals surface area contributed by atoms with Gasteiger partial charge in [-0.3, -0.25) is 0 Å². The number of nitrogens with two attached hydrogens (primary N) is 1. The van der Waals surface area contributed by atoms with Gasteiger partial charge in [0.2, 0.25) is 0 Å². The Morgan fingerprint density at radius 3 is 2.39 bits per heavy atom. The van der Waals surface area contributed by atoms with Gasteiger partial charge in [0.25, 0.3) is 0 Å². The van der Waals surface area contributed by atoms with Crippen LogP contribution in [-0.2, 0) is 0 Å². The van der Waals surface area contributed by atoms with Crippen molar-refractivity contribution in [3.63, 3.8) is 0 Å². The van der Waals surface area contributed by atoms with Crippen molar-refractivity contribution >= 4 is 28.5 Å². The lowest BCUT2D eigenvalue weighted by Gasteiger charge is -2.35. The number of fused-ring (bicyclic) bond motifs is 1. The molecule has 0 fully saturated rings. The molecule has 0 aromatic heterocycles. The molecule has 3 N–H and O–H groups in total. The van der Waals surface area contributed by atoms with Crippen molar-refractivity contribution in [2.45, 2.75) is 46.2 Å². The number of halogens is 1. The quantitative estimate of drug-likeness (QED) is 0.229. The van der Waals surface area contributed by atoms with Gasteiger partial charge in [-0.15, -0.1) is 0 Å². The molecule has 210 valence electrons. The van der Waals surface area contributed by atoms with E-state index in [-0.39, 0.29) is 11.4 Å². The summed E-state index contributed by atoms with van der Waals surface area (Å²) in [7, 11) is 1.63. The SMILES string of the molecule is COc1cc(OC(=S)c2ccccc2C)ccc1-c1ccc2c(c1C(N)c1cc(F)ccc1C)C(C)=CC(C)(C)N2. The Bertz CT molecular complexity index is 1690. The Morgan fingerprint density at radius 1 is 0.927 bits per heavy atom. The molecule has 0 bridgehead atoms. The van der Waals surface area contributed by atoms with E-state index < -0.39 is 6.04 Å². The molecule has 1 atom stereocenters. The number of benzene rings is 4. The minimum Gasteiger partial charge on any atom is -0.496 e. The Labute approximate surface area is 247 Å². The summed E-state index contributed by atoms with van der Waals surface area (Å²) in [6.07, 6.45) is 2.20. The minimum absolute atomic E-state index is 0.221. The summed E-state index contributed by atoms with van der Waals surface area (Å²) in [5.74, 6) is 0.871. The number of rotatable bonds is 6. The van der Waals surface area contributed by atoms with Crippen molar-refractivity contribution in [2.75, 3.05) is 12.4 Å². The zero-order valence-electron chi connectivity index (χ0n) is 24.3. The Balaban J connectivity index is 1.65. The third-order valence-electron chi connectivity index (χ3n) is 7.60. The molecule has 0 radical (unpaired) electrons. The third-order valence-corrected chi connectivity index (χ3v) is 7.90. The first-order chi connectivity index (χ1) is 19.5. The second kappa shape index (κ2) is 11.1. The number of hydrogen-bond donors (Lipinski definition) is 2. The number of aryl methyl sites for hydroxylation is 2. The number of nitrogens with one attached hydrogen (secondary N) is 1. The highest BCUT2D eigenvalue weighted by atomic mass is 32.1. The predicted octanol–water partition coefficient (Wildman–Crippen LogP) is 8.53. The summed E-state index contributed by atoms with van der Waals surface area (Å²) in [6.45, 7) is 10.3. The Morgan fingerprint density at radius 2 is 1.66 bits per heavy atom. The first kappa shape index (κ1) is 28.5. The lowest BCUT2D eigenvalue weighted by molar-refractivity contribution is 0.413. The fourth-order valence-electron chi connectivity index (χ4n) is 5.73. The van der Waals surface area contributed by atoms with E-state index in [2.05, 4.69) is 44.3 Å². The lowest BCUT2D eigenvalue weighted by Crippen LogP contribution is -2.32. The fourth-order valence-corrected chi connectivity index (χ4v) is 6.05. The molecule has 4 nitrogen and oxygen atoms in total. The van der Waals surface area contributed by atoms with Crippen molar-refractivity contribution < 1.29 is 13.9 Å². The molecule has 6 heteroatoms. The number of ether oxygens (including phenoxy) is 2. The highest BCUT2D eigenvalue weighted by Crippen LogP contribution is 2.46. The highest BCUT2D eigenvalue weighted by Gasteiger charge is 2.30. The van der Waals surface area contributed by atoms with Gasteiger partial charge in [0, 0.05) is 28.4 Å². The maximum Gasteiger partial charge on any atom is 0.198 e. The van der Waals surface area contributed by atoms with Crippen LogP contribution in [-0.4, -0.2) is 17.7 Å². The van der Waals surface area contributed by atoms with Gasteiger partial charge in [-0.2, -0.15) is 0 Å². The maximum absolute atomic E-state index is 14.5. The standard InChI is InChI=1S/C35H35FN2O2S/c1-20-9-7-8-10-25(20)34(41)40-24-13-14-26(30(18-24)39-6)27-15-16-29-31(22(3)19-35(4,5)38-29)32(27)33(37)28-17-23(36)12-11-21(28)2/h7-19,33,38H,37H2,1-6H3. The molecule has 4 aromatic rings. The maximum atomic E-state index is 14.5. The van der Waals surface area contributed by atoms with Crippen molar-refractivity contribution in [1.29, 1.82) is 0 Å². The van der Waals surface area contributed by atoms with Gasteiger partial charge in [-0.1, -0.05) is 42.5 Å². The predicted molar refractivity (Wildman–Crippen MR) is 170 cm³/mol. The number of thiocarbonyl (C=S) groups is 1. The van der Waals surface area contributed by atoms with Crippen LogP contribution in [0.3, 0.4) is 0 Å². The van der Waals surface area contributed by atoms with E-state index in [9.17, 15) is 4.39 Å². The molecule has 1 aliphatic rings. The van der Waals surface area contributed by atoms with Crippen LogP contribution in [0.15, 0.2) is 78.9 Å². The lowest BCUT2D eigenvalue weighted by atomic mass is 9.80. The highest BCUT2D eigenvalue weighted by molar-refractivity contribution is 7.80. The second-order valence-corrected chi connectivity index (χ2v) is 11.5. The average molecular weight is 567 g/mol. The first-order valence-electron chi connectivity index (χ1n) is 13.6. The molecule has 5 rings (SSSR count). The molecule has 4 aromatic carbocycles. The van der Waals surface area contributed by atoms with E-state index in [1.807, 2.05) is 56.3 Å². The van der Waals surface area contributed by atoms with Crippen LogP contribution in [0.25, 0.3) is 16.7 Å². The van der Waals surface area contributed by atoms with Crippen molar-refractivity contribution in [3.05, 3.63) is 118 Å². The first-order valence-corrected chi connectivity index (χ1v) is 14.0. The molecule has 0 saturated carbocycles. The van der Waals surface area contributed by atoms with Crippen LogP contribution in [0.1, 0.15) is 60.2 Å². The Kier molecular flexibility index (Phi) is 7.73. The molecule has 1 unspecified atom stereocenters. The normalized spacial score (nSPS) is 14.4. The molecular weight excluding hydrogens is 531 g/mol. The van der Waals surface area contributed by atoms with Gasteiger partial charge < -0.3 is 20.5 Å². The zero-order valence-corrected chi connectivity index (χ0v) is 25.1. The largest absolute Gasteiger partial charge is 0.496 e. The van der Waals surface area contributed by atoms with Gasteiger partial charge in [0.05, 0.1) is 18.7 Å². The number of methoxy groups -OCH3 is 1. The number of allylic oxidation sites excluding steroid dienone is 1. The molecule has 0 aliphatic carbocycles. The molecule has 1 aliphatic heterocycles.